The highest BCUT2D eigenvalue weighted by Crippen LogP contribution is 2.19. The number of amides is 1. The molecule has 0 heterocycles. The summed E-state index contributed by atoms with van der Waals surface area (Å²) in [6.07, 6.45) is -0.0241. The maximum absolute atomic E-state index is 13.4. The summed E-state index contributed by atoms with van der Waals surface area (Å²) < 4.78 is 13.4. The Labute approximate surface area is 105 Å². The highest BCUT2D eigenvalue weighted by molar-refractivity contribution is 5.92. The van der Waals surface area contributed by atoms with Crippen LogP contribution in [0.2, 0.25) is 0 Å². The molecule has 2 N–H and O–H groups in total. The van der Waals surface area contributed by atoms with Crippen molar-refractivity contribution in [2.45, 2.75) is 26.7 Å². The van der Waals surface area contributed by atoms with Crippen LogP contribution in [0.5, 0.6) is 0 Å². The molecule has 0 radical (unpaired) electrons. The topological polar surface area (TPSA) is 66.4 Å². The Bertz CT molecular complexity index is 439. The van der Waals surface area contributed by atoms with E-state index in [-0.39, 0.29) is 30.4 Å². The van der Waals surface area contributed by atoms with Crippen LogP contribution < -0.4 is 5.32 Å². The lowest BCUT2D eigenvalue weighted by Crippen LogP contribution is -2.18. The molecular formula is C13H16FNO3. The highest BCUT2D eigenvalue weighted by atomic mass is 19.1. The second kappa shape index (κ2) is 6.14. The Morgan fingerprint density at radius 1 is 1.39 bits per heavy atom. The van der Waals surface area contributed by atoms with Gasteiger partial charge in [0, 0.05) is 12.8 Å². The lowest BCUT2D eigenvalue weighted by molar-refractivity contribution is -0.138. The summed E-state index contributed by atoms with van der Waals surface area (Å²) in [6.45, 7) is 3.36. The van der Waals surface area contributed by atoms with Gasteiger partial charge in [0.25, 0.3) is 0 Å². The van der Waals surface area contributed by atoms with Crippen LogP contribution >= 0.6 is 0 Å². The van der Waals surface area contributed by atoms with E-state index in [1.54, 1.807) is 26.0 Å². The zero-order chi connectivity index (χ0) is 13.7. The van der Waals surface area contributed by atoms with E-state index >= 15 is 0 Å². The van der Waals surface area contributed by atoms with Crippen molar-refractivity contribution in [2.24, 2.45) is 5.92 Å². The third-order valence-electron chi connectivity index (χ3n) is 2.54. The number of benzene rings is 1. The van der Waals surface area contributed by atoms with E-state index in [0.29, 0.717) is 5.56 Å². The molecule has 1 amide bonds. The van der Waals surface area contributed by atoms with Crippen molar-refractivity contribution in [3.05, 3.63) is 29.6 Å². The van der Waals surface area contributed by atoms with Crippen LogP contribution in [-0.2, 0) is 9.59 Å². The van der Waals surface area contributed by atoms with Gasteiger partial charge < -0.3 is 10.4 Å². The summed E-state index contributed by atoms with van der Waals surface area (Å²) in [5.74, 6) is -2.10. The average molecular weight is 253 g/mol. The van der Waals surface area contributed by atoms with Crippen molar-refractivity contribution < 1.29 is 19.1 Å². The molecule has 5 heteroatoms. The van der Waals surface area contributed by atoms with Crippen molar-refractivity contribution in [1.82, 2.24) is 0 Å². The van der Waals surface area contributed by atoms with Crippen LogP contribution in [0.4, 0.5) is 10.1 Å². The molecule has 0 saturated carbocycles. The molecule has 1 atom stereocenters. The number of carbonyl (C=O) groups is 2. The van der Waals surface area contributed by atoms with Crippen LogP contribution in [-0.4, -0.2) is 17.0 Å². The van der Waals surface area contributed by atoms with Gasteiger partial charge in [-0.1, -0.05) is 19.1 Å². The van der Waals surface area contributed by atoms with Crippen LogP contribution in [0.1, 0.15) is 25.3 Å². The molecule has 1 rings (SSSR count). The van der Waals surface area contributed by atoms with Crippen molar-refractivity contribution in [1.29, 1.82) is 0 Å². The molecule has 4 nitrogen and oxygen atoms in total. The molecular weight excluding hydrogens is 237 g/mol. The predicted octanol–water partition coefficient (Wildman–Crippen LogP) is 2.57. The average Bonchev–Trinajstić information content (AvgIpc) is 2.22. The zero-order valence-electron chi connectivity index (χ0n) is 10.4. The maximum atomic E-state index is 13.4. The standard InChI is InChI=1S/C13H16FNO3/c1-8(7-12(17)18)6-11(16)15-13-9(2)4-3-5-10(13)14/h3-5,8H,6-7H2,1-2H3,(H,15,16)(H,17,18). The highest BCUT2D eigenvalue weighted by Gasteiger charge is 2.14. The number of para-hydroxylation sites is 1. The van der Waals surface area contributed by atoms with Gasteiger partial charge in [-0.3, -0.25) is 9.59 Å². The minimum Gasteiger partial charge on any atom is -0.481 e. The van der Waals surface area contributed by atoms with E-state index in [4.69, 9.17) is 5.11 Å². The molecule has 0 aliphatic rings. The smallest absolute Gasteiger partial charge is 0.303 e. The molecule has 1 aromatic rings. The Hall–Kier alpha value is -1.91. The summed E-state index contributed by atoms with van der Waals surface area (Å²) in [5.41, 5.74) is 0.791. The molecule has 0 aromatic heterocycles. The Kier molecular flexibility index (Phi) is 4.83. The number of hydrogen-bond donors (Lipinski definition) is 2. The Balaban J connectivity index is 2.62. The zero-order valence-corrected chi connectivity index (χ0v) is 10.4. The number of nitrogens with one attached hydrogen (secondary N) is 1. The van der Waals surface area contributed by atoms with Gasteiger partial charge >= 0.3 is 5.97 Å². The van der Waals surface area contributed by atoms with Gasteiger partial charge in [-0.15, -0.1) is 0 Å². The lowest BCUT2D eigenvalue weighted by atomic mass is 10.0. The SMILES string of the molecule is Cc1cccc(F)c1NC(=O)CC(C)CC(=O)O. The van der Waals surface area contributed by atoms with Gasteiger partial charge in [-0.25, -0.2) is 4.39 Å². The fourth-order valence-corrected chi connectivity index (χ4v) is 1.67. The number of hydrogen-bond acceptors (Lipinski definition) is 2. The first-order valence-electron chi connectivity index (χ1n) is 5.67. The van der Waals surface area contributed by atoms with E-state index in [9.17, 15) is 14.0 Å². The Morgan fingerprint density at radius 2 is 2.06 bits per heavy atom. The largest absolute Gasteiger partial charge is 0.481 e. The van der Waals surface area contributed by atoms with Gasteiger partial charge in [0.15, 0.2) is 0 Å². The Morgan fingerprint density at radius 3 is 2.61 bits per heavy atom. The molecule has 0 fully saturated rings. The third-order valence-corrected chi connectivity index (χ3v) is 2.54. The summed E-state index contributed by atoms with van der Waals surface area (Å²) in [7, 11) is 0. The van der Waals surface area contributed by atoms with E-state index in [1.807, 2.05) is 0 Å². The van der Waals surface area contributed by atoms with E-state index < -0.39 is 11.8 Å². The molecule has 18 heavy (non-hydrogen) atoms. The van der Waals surface area contributed by atoms with Gasteiger partial charge in [-0.05, 0) is 24.5 Å². The number of carboxylic acids is 1. The quantitative estimate of drug-likeness (QED) is 0.847. The monoisotopic (exact) mass is 253 g/mol. The number of rotatable bonds is 5. The first kappa shape index (κ1) is 14.2. The number of aliphatic carboxylic acids is 1. The van der Waals surface area contributed by atoms with Crippen molar-refractivity contribution in [3.63, 3.8) is 0 Å². The van der Waals surface area contributed by atoms with Gasteiger partial charge in [0.2, 0.25) is 5.91 Å². The number of aryl methyl sites for hydroxylation is 1. The number of halogens is 1. The van der Waals surface area contributed by atoms with Gasteiger partial charge in [0.05, 0.1) is 5.69 Å². The fraction of sp³-hybridized carbons (Fsp3) is 0.385. The molecule has 0 spiro atoms. The second-order valence-electron chi connectivity index (χ2n) is 4.39. The molecule has 1 unspecified atom stereocenters. The van der Waals surface area contributed by atoms with E-state index in [2.05, 4.69) is 5.32 Å². The van der Waals surface area contributed by atoms with Crippen molar-refractivity contribution in [3.8, 4) is 0 Å². The number of anilines is 1. The maximum Gasteiger partial charge on any atom is 0.303 e. The van der Waals surface area contributed by atoms with E-state index in [1.165, 1.54) is 6.07 Å². The minimum atomic E-state index is -0.947. The minimum absolute atomic E-state index is 0.0556. The molecule has 0 saturated heterocycles. The second-order valence-corrected chi connectivity index (χ2v) is 4.39. The van der Waals surface area contributed by atoms with Gasteiger partial charge in [0.1, 0.15) is 5.82 Å². The first-order chi connectivity index (χ1) is 8.40. The van der Waals surface area contributed by atoms with Crippen LogP contribution in [0.25, 0.3) is 0 Å². The molecule has 1 aromatic carbocycles. The summed E-state index contributed by atoms with van der Waals surface area (Å²) in [6, 6.07) is 4.52. The van der Waals surface area contributed by atoms with E-state index in [0.717, 1.165) is 0 Å². The summed E-state index contributed by atoms with van der Waals surface area (Å²) in [5, 5.41) is 11.1. The van der Waals surface area contributed by atoms with Crippen LogP contribution in [0, 0.1) is 18.7 Å². The predicted molar refractivity (Wildman–Crippen MR) is 65.8 cm³/mol. The molecule has 0 aliphatic carbocycles. The van der Waals surface area contributed by atoms with Crippen molar-refractivity contribution in [2.75, 3.05) is 5.32 Å². The molecule has 0 bridgehead atoms. The first-order valence-corrected chi connectivity index (χ1v) is 5.67. The van der Waals surface area contributed by atoms with Crippen molar-refractivity contribution >= 4 is 17.6 Å². The third kappa shape index (κ3) is 4.16. The normalized spacial score (nSPS) is 11.9. The molecule has 0 aliphatic heterocycles. The van der Waals surface area contributed by atoms with Crippen LogP contribution in [0.3, 0.4) is 0 Å². The van der Waals surface area contributed by atoms with Gasteiger partial charge in [-0.2, -0.15) is 0 Å². The summed E-state index contributed by atoms with van der Waals surface area (Å²) in [4.78, 5) is 22.1. The fourth-order valence-electron chi connectivity index (χ4n) is 1.67. The number of carboxylic acid groups (broad SMARTS) is 1. The number of carbonyl (C=O) groups excluding carboxylic acids is 1. The molecule has 98 valence electrons. The lowest BCUT2D eigenvalue weighted by Gasteiger charge is -2.11. The van der Waals surface area contributed by atoms with Crippen LogP contribution in [0.15, 0.2) is 18.2 Å². The summed E-state index contributed by atoms with van der Waals surface area (Å²) >= 11 is 0.